The first-order valence-electron chi connectivity index (χ1n) is 9.70. The molecule has 0 spiro atoms. The zero-order chi connectivity index (χ0) is 19.8. The Morgan fingerprint density at radius 2 is 1.79 bits per heavy atom. The van der Waals surface area contributed by atoms with E-state index in [2.05, 4.69) is 90.1 Å². The number of aromatic nitrogens is 2. The van der Waals surface area contributed by atoms with E-state index in [1.165, 1.54) is 17.0 Å². The Hall–Kier alpha value is -2.66. The van der Waals surface area contributed by atoms with Crippen LogP contribution < -0.4 is 10.2 Å². The highest BCUT2D eigenvalue weighted by Crippen LogP contribution is 2.41. The Labute approximate surface area is 172 Å². The molecule has 0 saturated carbocycles. The van der Waals surface area contributed by atoms with E-state index in [4.69, 9.17) is 12.2 Å². The molecule has 28 heavy (non-hydrogen) atoms. The normalized spacial score (nSPS) is 19.3. The molecule has 0 bridgehead atoms. The number of hydrogen-bond acceptors (Lipinski definition) is 2. The van der Waals surface area contributed by atoms with Gasteiger partial charge in [-0.2, -0.15) is 0 Å². The molecule has 4 nitrogen and oxygen atoms in total. The van der Waals surface area contributed by atoms with Gasteiger partial charge in [0.1, 0.15) is 6.04 Å². The molecular formula is C23H26N4S. The number of hydrogen-bond donors (Lipinski definition) is 1. The zero-order valence-corrected chi connectivity index (χ0v) is 17.6. The topological polar surface area (TPSA) is 33.1 Å². The number of nitrogens with one attached hydrogen (secondary N) is 1. The Balaban J connectivity index is 1.81. The Kier molecular flexibility index (Phi) is 4.94. The monoisotopic (exact) mass is 390 g/mol. The minimum atomic E-state index is -0.00789. The molecule has 0 aliphatic carbocycles. The van der Waals surface area contributed by atoms with Crippen LogP contribution in [0.2, 0.25) is 0 Å². The van der Waals surface area contributed by atoms with Crippen LogP contribution in [0.5, 0.6) is 0 Å². The van der Waals surface area contributed by atoms with Gasteiger partial charge in [0, 0.05) is 30.3 Å². The Morgan fingerprint density at radius 1 is 1.04 bits per heavy atom. The van der Waals surface area contributed by atoms with Gasteiger partial charge < -0.3 is 14.8 Å². The molecule has 1 aromatic carbocycles. The van der Waals surface area contributed by atoms with E-state index < -0.39 is 0 Å². The van der Waals surface area contributed by atoms with Gasteiger partial charge in [0.2, 0.25) is 0 Å². The van der Waals surface area contributed by atoms with Gasteiger partial charge in [0.05, 0.1) is 11.7 Å². The van der Waals surface area contributed by atoms with Crippen molar-refractivity contribution in [2.24, 2.45) is 7.05 Å². The fourth-order valence-electron chi connectivity index (χ4n) is 3.88. The second kappa shape index (κ2) is 7.40. The first-order chi connectivity index (χ1) is 13.5. The highest BCUT2D eigenvalue weighted by Gasteiger charge is 2.41. The summed E-state index contributed by atoms with van der Waals surface area (Å²) in [6.07, 6.45) is 1.84. The lowest BCUT2D eigenvalue weighted by Gasteiger charge is -2.28. The van der Waals surface area contributed by atoms with Crippen LogP contribution in [-0.2, 0) is 7.05 Å². The number of aryl methyl sites for hydroxylation is 1. The average Bonchev–Trinajstić information content (AvgIpc) is 3.22. The Morgan fingerprint density at radius 3 is 2.36 bits per heavy atom. The predicted octanol–water partition coefficient (Wildman–Crippen LogP) is 5.03. The van der Waals surface area contributed by atoms with E-state index in [1.54, 1.807) is 0 Å². The summed E-state index contributed by atoms with van der Waals surface area (Å²) in [4.78, 5) is 6.84. The van der Waals surface area contributed by atoms with Gasteiger partial charge in [-0.25, -0.2) is 0 Å². The largest absolute Gasteiger partial charge is 0.351 e. The van der Waals surface area contributed by atoms with Gasteiger partial charge in [0.25, 0.3) is 0 Å². The van der Waals surface area contributed by atoms with Crippen molar-refractivity contribution in [3.8, 4) is 0 Å². The molecule has 0 radical (unpaired) electrons. The quantitative estimate of drug-likeness (QED) is 0.634. The van der Waals surface area contributed by atoms with Crippen molar-refractivity contribution < 1.29 is 0 Å². The molecule has 144 valence electrons. The summed E-state index contributed by atoms with van der Waals surface area (Å²) < 4.78 is 2.24. The molecule has 1 aliphatic rings. The van der Waals surface area contributed by atoms with Crippen molar-refractivity contribution >= 4 is 23.0 Å². The molecule has 2 atom stereocenters. The van der Waals surface area contributed by atoms with Crippen LogP contribution in [0.25, 0.3) is 0 Å². The van der Waals surface area contributed by atoms with Gasteiger partial charge in [-0.15, -0.1) is 0 Å². The van der Waals surface area contributed by atoms with E-state index in [-0.39, 0.29) is 12.1 Å². The molecule has 3 heterocycles. The lowest BCUT2D eigenvalue weighted by Crippen LogP contribution is -2.30. The molecule has 2 aromatic heterocycles. The molecular weight excluding hydrogens is 364 g/mol. The summed E-state index contributed by atoms with van der Waals surface area (Å²) in [5.41, 5.74) is 5.87. The first kappa shape index (κ1) is 18.7. The van der Waals surface area contributed by atoms with E-state index in [1.807, 2.05) is 18.3 Å². The highest BCUT2D eigenvalue weighted by molar-refractivity contribution is 7.80. The number of rotatable bonds is 4. The maximum atomic E-state index is 5.79. The second-order valence-corrected chi connectivity index (χ2v) is 8.09. The molecule has 5 heteroatoms. The summed E-state index contributed by atoms with van der Waals surface area (Å²) in [5, 5.41) is 4.26. The molecule has 4 rings (SSSR count). The minimum absolute atomic E-state index is 0.00789. The molecule has 3 aromatic rings. The zero-order valence-electron chi connectivity index (χ0n) is 16.8. The van der Waals surface area contributed by atoms with Crippen molar-refractivity contribution in [1.29, 1.82) is 0 Å². The summed E-state index contributed by atoms with van der Waals surface area (Å²) >= 11 is 5.79. The van der Waals surface area contributed by atoms with Crippen molar-refractivity contribution in [2.45, 2.75) is 38.8 Å². The van der Waals surface area contributed by atoms with Gasteiger partial charge in [0.15, 0.2) is 5.11 Å². The molecule has 0 amide bonds. The fourth-order valence-corrected chi connectivity index (χ4v) is 4.23. The molecule has 0 unspecified atom stereocenters. The smallest absolute Gasteiger partial charge is 0.174 e. The third-order valence-corrected chi connectivity index (χ3v) is 5.97. The van der Waals surface area contributed by atoms with Crippen LogP contribution in [0.4, 0.5) is 5.69 Å². The van der Waals surface area contributed by atoms with Gasteiger partial charge in [-0.05, 0) is 67.0 Å². The van der Waals surface area contributed by atoms with Gasteiger partial charge in [-0.3, -0.25) is 4.98 Å². The van der Waals surface area contributed by atoms with Gasteiger partial charge >= 0.3 is 0 Å². The number of nitrogens with zero attached hydrogens (tertiary/aromatic N) is 3. The standard InChI is InChI=1S/C23H26N4S/c1-15(2)17-9-11-18(12-10-17)27-22(20-13-8-16(3)26(20)4)21(25-23(27)28)19-7-5-6-14-24-19/h5-15,21-22H,1-4H3,(H,25,28)/t21-,22+/m0/s1. The Bertz CT molecular complexity index is 976. The lowest BCUT2D eigenvalue weighted by atomic mass is 9.99. The SMILES string of the molecule is Cc1ccc([C@@H]2[C@H](c3ccccn3)NC(=S)N2c2ccc(C(C)C)cc2)n1C. The predicted molar refractivity (Wildman–Crippen MR) is 119 cm³/mol. The fraction of sp³-hybridized carbons (Fsp3) is 0.304. The minimum Gasteiger partial charge on any atom is -0.351 e. The maximum Gasteiger partial charge on any atom is 0.174 e. The van der Waals surface area contributed by atoms with Crippen LogP contribution in [0, 0.1) is 6.92 Å². The van der Waals surface area contributed by atoms with Crippen LogP contribution in [0.1, 0.15) is 54.5 Å². The van der Waals surface area contributed by atoms with E-state index in [9.17, 15) is 0 Å². The van der Waals surface area contributed by atoms with Crippen molar-refractivity contribution in [1.82, 2.24) is 14.9 Å². The third kappa shape index (κ3) is 3.20. The molecule has 1 N–H and O–H groups in total. The summed E-state index contributed by atoms with van der Waals surface area (Å²) in [5.74, 6) is 0.505. The molecule has 1 fully saturated rings. The van der Waals surface area contributed by atoms with E-state index in [0.717, 1.165) is 16.5 Å². The van der Waals surface area contributed by atoms with Crippen LogP contribution in [0.3, 0.4) is 0 Å². The highest BCUT2D eigenvalue weighted by atomic mass is 32.1. The average molecular weight is 391 g/mol. The van der Waals surface area contributed by atoms with Gasteiger partial charge in [-0.1, -0.05) is 32.0 Å². The summed E-state index contributed by atoms with van der Waals surface area (Å²) in [6, 6.07) is 19.2. The van der Waals surface area contributed by atoms with Crippen molar-refractivity contribution in [3.63, 3.8) is 0 Å². The molecule has 1 saturated heterocycles. The molecule has 1 aliphatic heterocycles. The van der Waals surface area contributed by atoms with Crippen LogP contribution in [0.15, 0.2) is 60.8 Å². The van der Waals surface area contributed by atoms with Crippen molar-refractivity contribution in [2.75, 3.05) is 4.90 Å². The lowest BCUT2D eigenvalue weighted by molar-refractivity contribution is 0.539. The third-order valence-electron chi connectivity index (χ3n) is 5.65. The first-order valence-corrected chi connectivity index (χ1v) is 10.1. The number of anilines is 1. The number of benzene rings is 1. The summed E-state index contributed by atoms with van der Waals surface area (Å²) in [7, 11) is 2.11. The maximum absolute atomic E-state index is 5.79. The van der Waals surface area contributed by atoms with Crippen molar-refractivity contribution in [3.05, 3.63) is 83.4 Å². The van der Waals surface area contributed by atoms with Crippen LogP contribution >= 0.6 is 12.2 Å². The summed E-state index contributed by atoms with van der Waals surface area (Å²) in [6.45, 7) is 6.55. The van der Waals surface area contributed by atoms with E-state index >= 15 is 0 Å². The second-order valence-electron chi connectivity index (χ2n) is 7.70. The number of pyridine rings is 1. The van der Waals surface area contributed by atoms with E-state index in [0.29, 0.717) is 5.92 Å². The van der Waals surface area contributed by atoms with Crippen LogP contribution in [-0.4, -0.2) is 14.7 Å². The number of thiocarbonyl (C=S) groups is 1.